The molecule has 0 rings (SSSR count). The minimum Gasteiger partial charge on any atom is -0.102 e. The monoisotopic (exact) mass is 150 g/mol. The third-order valence-electron chi connectivity index (χ3n) is 0.109. The Kier molecular flexibility index (Phi) is 29.9. The predicted molar refractivity (Wildman–Crippen MR) is 35.3 cm³/mol. The van der Waals surface area contributed by atoms with E-state index in [9.17, 15) is 0 Å². The number of hydrogen-bond acceptors (Lipinski definition) is 0. The summed E-state index contributed by atoms with van der Waals surface area (Å²) in [5.41, 5.74) is 0. The molecule has 0 bridgehead atoms. The van der Waals surface area contributed by atoms with Crippen molar-refractivity contribution in [3.8, 4) is 0 Å². The quantitative estimate of drug-likeness (QED) is 0.399. The average molecular weight is 151 g/mol. The van der Waals surface area contributed by atoms with Crippen LogP contribution >= 0.6 is 15.9 Å². The van der Waals surface area contributed by atoms with Crippen LogP contribution in [0.3, 0.4) is 0 Å². The highest BCUT2D eigenvalue weighted by Gasteiger charge is 1.47. The van der Waals surface area contributed by atoms with Gasteiger partial charge in [-0.25, -0.2) is 0 Å². The molecule has 0 aromatic heterocycles. The van der Waals surface area contributed by atoms with Crippen molar-refractivity contribution in [2.24, 2.45) is 0 Å². The van der Waals surface area contributed by atoms with E-state index in [1.807, 2.05) is 13.8 Å². The Morgan fingerprint density at radius 2 is 1.83 bits per heavy atom. The van der Waals surface area contributed by atoms with Crippen LogP contribution < -0.4 is 0 Å². The van der Waals surface area contributed by atoms with E-state index < -0.39 is 0 Å². The van der Waals surface area contributed by atoms with Gasteiger partial charge >= 0.3 is 0 Å². The molecule has 0 aliphatic carbocycles. The summed E-state index contributed by atoms with van der Waals surface area (Å²) >= 11 is 3.13. The highest BCUT2D eigenvalue weighted by atomic mass is 79.9. The summed E-state index contributed by atoms with van der Waals surface area (Å²) in [6.45, 7) is 7.43. The van der Waals surface area contributed by atoms with Gasteiger partial charge in [0.05, 0.1) is 0 Å². The summed E-state index contributed by atoms with van der Waals surface area (Å²) in [5, 5.41) is 0.896. The van der Waals surface area contributed by atoms with Crippen molar-refractivity contribution in [1.82, 2.24) is 0 Å². The molecule has 6 heavy (non-hydrogen) atoms. The zero-order valence-electron chi connectivity index (χ0n) is 4.37. The predicted octanol–water partition coefficient (Wildman–Crippen LogP) is 2.59. The van der Waals surface area contributed by atoms with E-state index >= 15 is 0 Å². The first-order valence-electron chi connectivity index (χ1n) is 2.08. The summed E-state index contributed by atoms with van der Waals surface area (Å²) in [5.74, 6) is 0. The number of alkyl halides is 1. The van der Waals surface area contributed by atoms with E-state index in [1.54, 1.807) is 6.08 Å². The molecular formula is C5H11Br. The lowest BCUT2D eigenvalue weighted by atomic mass is 10.8. The van der Waals surface area contributed by atoms with Crippen molar-refractivity contribution in [2.75, 3.05) is 5.33 Å². The summed E-state index contributed by atoms with van der Waals surface area (Å²) in [6.07, 6.45) is 1.79. The second kappa shape index (κ2) is 18.9. The lowest BCUT2D eigenvalue weighted by molar-refractivity contribution is 1.50. The maximum Gasteiger partial charge on any atom is 0.0209 e. The molecule has 0 radical (unpaired) electrons. The number of allylic oxidation sites excluding steroid dienone is 1. The fraction of sp³-hybridized carbons (Fsp3) is 0.600. The Bertz CT molecular complexity index is 17.9. The maximum absolute atomic E-state index is 3.43. The van der Waals surface area contributed by atoms with Crippen molar-refractivity contribution >= 4 is 15.9 Å². The number of halogens is 1. The van der Waals surface area contributed by atoms with Crippen LogP contribution in [-0.4, -0.2) is 5.33 Å². The Balaban J connectivity index is 0. The van der Waals surface area contributed by atoms with Crippen molar-refractivity contribution in [1.29, 1.82) is 0 Å². The first-order valence-corrected chi connectivity index (χ1v) is 3.21. The van der Waals surface area contributed by atoms with Crippen molar-refractivity contribution in [2.45, 2.75) is 13.8 Å². The molecule has 0 saturated carbocycles. The van der Waals surface area contributed by atoms with Crippen LogP contribution in [0.5, 0.6) is 0 Å². The summed E-state index contributed by atoms with van der Waals surface area (Å²) in [6, 6.07) is 0. The topological polar surface area (TPSA) is 0 Å². The van der Waals surface area contributed by atoms with Gasteiger partial charge in [0.2, 0.25) is 0 Å². The summed E-state index contributed by atoms with van der Waals surface area (Å²) in [4.78, 5) is 0. The number of rotatable bonds is 1. The van der Waals surface area contributed by atoms with E-state index in [4.69, 9.17) is 0 Å². The Labute approximate surface area is 48.4 Å². The van der Waals surface area contributed by atoms with Crippen LogP contribution in [-0.2, 0) is 0 Å². The normalized spacial score (nSPS) is 5.17. The highest BCUT2D eigenvalue weighted by Crippen LogP contribution is 1.73. The van der Waals surface area contributed by atoms with Crippen molar-refractivity contribution in [3.05, 3.63) is 12.7 Å². The van der Waals surface area contributed by atoms with Gasteiger partial charge in [0, 0.05) is 5.33 Å². The molecule has 0 amide bonds. The molecule has 0 spiro atoms. The van der Waals surface area contributed by atoms with Gasteiger partial charge in [-0.3, -0.25) is 0 Å². The molecule has 0 aliphatic heterocycles. The molecule has 0 heterocycles. The van der Waals surface area contributed by atoms with Crippen LogP contribution in [0.2, 0.25) is 0 Å². The molecule has 0 aliphatic rings. The molecule has 0 nitrogen and oxygen atoms in total. The van der Waals surface area contributed by atoms with Crippen LogP contribution in [0.4, 0.5) is 0 Å². The first kappa shape index (κ1) is 9.52. The van der Waals surface area contributed by atoms with Crippen LogP contribution in [0, 0.1) is 0 Å². The lowest BCUT2D eigenvalue weighted by Gasteiger charge is -1.55. The van der Waals surface area contributed by atoms with Crippen molar-refractivity contribution in [3.63, 3.8) is 0 Å². The fourth-order valence-electron chi connectivity index (χ4n) is 0. The zero-order chi connectivity index (χ0) is 5.41. The first-order chi connectivity index (χ1) is 2.91. The van der Waals surface area contributed by atoms with Crippen LogP contribution in [0.25, 0.3) is 0 Å². The molecule has 0 aromatic rings. The highest BCUT2D eigenvalue weighted by molar-refractivity contribution is 9.09. The van der Waals surface area contributed by atoms with E-state index in [0.717, 1.165) is 5.33 Å². The molecule has 38 valence electrons. The lowest BCUT2D eigenvalue weighted by Crippen LogP contribution is -1.43. The molecular weight excluding hydrogens is 140 g/mol. The molecule has 0 N–H and O–H groups in total. The van der Waals surface area contributed by atoms with Gasteiger partial charge in [-0.2, -0.15) is 0 Å². The molecule has 0 unspecified atom stereocenters. The van der Waals surface area contributed by atoms with E-state index in [1.165, 1.54) is 0 Å². The van der Waals surface area contributed by atoms with Gasteiger partial charge in [-0.05, 0) is 0 Å². The van der Waals surface area contributed by atoms with Gasteiger partial charge in [-0.1, -0.05) is 35.9 Å². The molecule has 0 fully saturated rings. The second-order valence-corrected chi connectivity index (χ2v) is 1.09. The van der Waals surface area contributed by atoms with Gasteiger partial charge in [0.15, 0.2) is 0 Å². The van der Waals surface area contributed by atoms with Gasteiger partial charge in [0.25, 0.3) is 0 Å². The fourth-order valence-corrected chi connectivity index (χ4v) is 0. The molecule has 0 aromatic carbocycles. The van der Waals surface area contributed by atoms with Crippen LogP contribution in [0.1, 0.15) is 13.8 Å². The minimum absolute atomic E-state index is 0.896. The second-order valence-electron chi connectivity index (χ2n) is 0.443. The Morgan fingerprint density at radius 3 is 1.83 bits per heavy atom. The van der Waals surface area contributed by atoms with Crippen LogP contribution in [0.15, 0.2) is 12.7 Å². The third-order valence-corrected chi connectivity index (χ3v) is 0.567. The Morgan fingerprint density at radius 1 is 1.67 bits per heavy atom. The molecule has 1 heteroatoms. The number of hydrogen-bond donors (Lipinski definition) is 0. The standard InChI is InChI=1S/C3H5Br.C2H6/c1-2-3-4;1-2/h2H,1,3H2;1-2H3. The van der Waals surface area contributed by atoms with Gasteiger partial charge < -0.3 is 0 Å². The van der Waals surface area contributed by atoms with E-state index in [-0.39, 0.29) is 0 Å². The molecule has 0 atom stereocenters. The summed E-state index contributed by atoms with van der Waals surface area (Å²) < 4.78 is 0. The van der Waals surface area contributed by atoms with E-state index in [2.05, 4.69) is 22.5 Å². The molecule has 0 saturated heterocycles. The average Bonchev–Trinajstić information content (AvgIpc) is 1.72. The summed E-state index contributed by atoms with van der Waals surface area (Å²) in [7, 11) is 0. The maximum atomic E-state index is 3.43. The zero-order valence-corrected chi connectivity index (χ0v) is 5.96. The SMILES string of the molecule is C=CCBr.CC. The minimum atomic E-state index is 0.896. The smallest absolute Gasteiger partial charge is 0.0209 e. The van der Waals surface area contributed by atoms with Gasteiger partial charge in [-0.15, -0.1) is 6.58 Å². The largest absolute Gasteiger partial charge is 0.102 e. The van der Waals surface area contributed by atoms with E-state index in [0.29, 0.717) is 0 Å². The Hall–Kier alpha value is 0.220. The van der Waals surface area contributed by atoms with Gasteiger partial charge in [0.1, 0.15) is 0 Å². The third kappa shape index (κ3) is 29.4. The van der Waals surface area contributed by atoms with Crippen molar-refractivity contribution < 1.29 is 0 Å².